The number of hydrogen-bond donors (Lipinski definition) is 1. The van der Waals surface area contributed by atoms with Crippen LogP contribution < -0.4 is 5.32 Å². The molecule has 1 nitrogen and oxygen atoms in total. The van der Waals surface area contributed by atoms with Gasteiger partial charge in [0.15, 0.2) is 0 Å². The SMILES string of the molecule is CCCCC(NC1CCCCC1)c1ccccc1. The highest BCUT2D eigenvalue weighted by atomic mass is 14.9. The minimum absolute atomic E-state index is 0.564. The van der Waals surface area contributed by atoms with E-state index in [4.69, 9.17) is 0 Å². The largest absolute Gasteiger partial charge is 0.307 e. The monoisotopic (exact) mass is 245 g/mol. The predicted octanol–water partition coefficient (Wildman–Crippen LogP) is 4.84. The molecule has 1 unspecified atom stereocenters. The molecule has 1 heteroatoms. The maximum atomic E-state index is 3.91. The summed E-state index contributed by atoms with van der Waals surface area (Å²) in [5.74, 6) is 0. The quantitative estimate of drug-likeness (QED) is 0.756. The Balaban J connectivity index is 1.95. The minimum atomic E-state index is 0.564. The molecule has 0 spiro atoms. The Morgan fingerprint density at radius 1 is 1.11 bits per heavy atom. The summed E-state index contributed by atoms with van der Waals surface area (Å²) in [6, 6.07) is 12.3. The first-order valence-corrected chi connectivity index (χ1v) is 7.71. The van der Waals surface area contributed by atoms with Gasteiger partial charge < -0.3 is 5.32 Å². The van der Waals surface area contributed by atoms with Gasteiger partial charge in [-0.2, -0.15) is 0 Å². The highest BCUT2D eigenvalue weighted by molar-refractivity contribution is 5.19. The Labute approximate surface area is 112 Å². The standard InChI is InChI=1S/C17H27N/c1-2-3-14-17(15-10-6-4-7-11-15)18-16-12-8-5-9-13-16/h4,6-7,10-11,16-18H,2-3,5,8-9,12-14H2,1H3. The first-order valence-electron chi connectivity index (χ1n) is 7.71. The van der Waals surface area contributed by atoms with E-state index in [-0.39, 0.29) is 0 Å². The van der Waals surface area contributed by atoms with E-state index in [1.54, 1.807) is 0 Å². The summed E-state index contributed by atoms with van der Waals surface area (Å²) >= 11 is 0. The molecule has 2 rings (SSSR count). The van der Waals surface area contributed by atoms with E-state index in [1.165, 1.54) is 56.9 Å². The van der Waals surface area contributed by atoms with Crippen molar-refractivity contribution in [1.82, 2.24) is 5.32 Å². The van der Waals surface area contributed by atoms with E-state index < -0.39 is 0 Å². The Kier molecular flexibility index (Phi) is 5.73. The second-order valence-electron chi connectivity index (χ2n) is 5.61. The van der Waals surface area contributed by atoms with Gasteiger partial charge in [-0.15, -0.1) is 0 Å². The molecule has 18 heavy (non-hydrogen) atoms. The van der Waals surface area contributed by atoms with Gasteiger partial charge in [-0.1, -0.05) is 69.4 Å². The van der Waals surface area contributed by atoms with E-state index >= 15 is 0 Å². The van der Waals surface area contributed by atoms with Crippen LogP contribution in [0.5, 0.6) is 0 Å². The van der Waals surface area contributed by atoms with Crippen molar-refractivity contribution < 1.29 is 0 Å². The summed E-state index contributed by atoms with van der Waals surface area (Å²) in [6.45, 7) is 2.28. The van der Waals surface area contributed by atoms with Crippen LogP contribution in [0.2, 0.25) is 0 Å². The molecule has 0 radical (unpaired) electrons. The van der Waals surface area contributed by atoms with Gasteiger partial charge in [0.25, 0.3) is 0 Å². The summed E-state index contributed by atoms with van der Waals surface area (Å²) in [5.41, 5.74) is 1.47. The minimum Gasteiger partial charge on any atom is -0.307 e. The lowest BCUT2D eigenvalue weighted by Gasteiger charge is -2.29. The summed E-state index contributed by atoms with van der Waals surface area (Å²) in [6.07, 6.45) is 10.9. The molecule has 0 aliphatic heterocycles. The zero-order valence-electron chi connectivity index (χ0n) is 11.7. The van der Waals surface area contributed by atoms with E-state index in [9.17, 15) is 0 Å². The van der Waals surface area contributed by atoms with Crippen molar-refractivity contribution >= 4 is 0 Å². The second-order valence-corrected chi connectivity index (χ2v) is 5.61. The zero-order chi connectivity index (χ0) is 12.6. The van der Waals surface area contributed by atoms with Crippen LogP contribution in [0.3, 0.4) is 0 Å². The maximum absolute atomic E-state index is 3.91. The predicted molar refractivity (Wildman–Crippen MR) is 78.7 cm³/mol. The van der Waals surface area contributed by atoms with E-state index in [1.807, 2.05) is 0 Å². The van der Waals surface area contributed by atoms with Crippen LogP contribution in [-0.4, -0.2) is 6.04 Å². The second kappa shape index (κ2) is 7.58. The molecule has 100 valence electrons. The molecular formula is C17H27N. The summed E-state index contributed by atoms with van der Waals surface area (Å²) in [7, 11) is 0. The van der Waals surface area contributed by atoms with Crippen LogP contribution >= 0.6 is 0 Å². The molecule has 1 saturated carbocycles. The van der Waals surface area contributed by atoms with Crippen molar-refractivity contribution in [2.45, 2.75) is 70.4 Å². The van der Waals surface area contributed by atoms with E-state index in [0.717, 1.165) is 6.04 Å². The fraction of sp³-hybridized carbons (Fsp3) is 0.647. The van der Waals surface area contributed by atoms with Gasteiger partial charge in [-0.3, -0.25) is 0 Å². The summed E-state index contributed by atoms with van der Waals surface area (Å²) < 4.78 is 0. The smallest absolute Gasteiger partial charge is 0.0322 e. The first-order chi connectivity index (χ1) is 8.90. The molecule has 1 aromatic carbocycles. The maximum Gasteiger partial charge on any atom is 0.0322 e. The fourth-order valence-electron chi connectivity index (χ4n) is 2.99. The molecule has 0 saturated heterocycles. The normalized spacial score (nSPS) is 18.7. The summed E-state index contributed by atoms with van der Waals surface area (Å²) in [4.78, 5) is 0. The lowest BCUT2D eigenvalue weighted by atomic mass is 9.93. The van der Waals surface area contributed by atoms with Crippen LogP contribution in [0.1, 0.15) is 69.9 Å². The number of benzene rings is 1. The van der Waals surface area contributed by atoms with Gasteiger partial charge in [0.05, 0.1) is 0 Å². The van der Waals surface area contributed by atoms with Crippen molar-refractivity contribution in [1.29, 1.82) is 0 Å². The molecule has 1 fully saturated rings. The van der Waals surface area contributed by atoms with Gasteiger partial charge in [-0.25, -0.2) is 0 Å². The Morgan fingerprint density at radius 3 is 2.50 bits per heavy atom. The van der Waals surface area contributed by atoms with Crippen LogP contribution in [0, 0.1) is 0 Å². The molecule has 1 N–H and O–H groups in total. The van der Waals surface area contributed by atoms with Gasteiger partial charge >= 0.3 is 0 Å². The third-order valence-electron chi connectivity index (χ3n) is 4.09. The summed E-state index contributed by atoms with van der Waals surface area (Å²) in [5, 5.41) is 3.91. The highest BCUT2D eigenvalue weighted by Crippen LogP contribution is 2.24. The van der Waals surface area contributed by atoms with E-state index in [0.29, 0.717) is 6.04 Å². The van der Waals surface area contributed by atoms with Crippen LogP contribution in [0.25, 0.3) is 0 Å². The molecule has 1 aliphatic rings. The highest BCUT2D eigenvalue weighted by Gasteiger charge is 2.18. The van der Waals surface area contributed by atoms with E-state index in [2.05, 4.69) is 42.6 Å². The van der Waals surface area contributed by atoms with Gasteiger partial charge in [-0.05, 0) is 24.8 Å². The molecule has 0 heterocycles. The Hall–Kier alpha value is -0.820. The molecule has 1 aliphatic carbocycles. The fourth-order valence-corrected chi connectivity index (χ4v) is 2.99. The topological polar surface area (TPSA) is 12.0 Å². The Morgan fingerprint density at radius 2 is 1.83 bits per heavy atom. The van der Waals surface area contributed by atoms with Gasteiger partial charge in [0.1, 0.15) is 0 Å². The van der Waals surface area contributed by atoms with Crippen molar-refractivity contribution in [2.75, 3.05) is 0 Å². The van der Waals surface area contributed by atoms with Gasteiger partial charge in [0, 0.05) is 12.1 Å². The third kappa shape index (κ3) is 4.13. The number of nitrogens with one attached hydrogen (secondary N) is 1. The molecule has 1 atom stereocenters. The number of rotatable bonds is 6. The van der Waals surface area contributed by atoms with Crippen LogP contribution in [0.4, 0.5) is 0 Å². The van der Waals surface area contributed by atoms with Gasteiger partial charge in [0.2, 0.25) is 0 Å². The third-order valence-corrected chi connectivity index (χ3v) is 4.09. The van der Waals surface area contributed by atoms with Crippen molar-refractivity contribution in [2.24, 2.45) is 0 Å². The molecule has 1 aromatic rings. The molecule has 0 amide bonds. The lowest BCUT2D eigenvalue weighted by Crippen LogP contribution is -2.34. The molecule has 0 aromatic heterocycles. The molecule has 0 bridgehead atoms. The van der Waals surface area contributed by atoms with Crippen molar-refractivity contribution in [3.8, 4) is 0 Å². The first kappa shape index (κ1) is 13.6. The number of hydrogen-bond acceptors (Lipinski definition) is 1. The number of unbranched alkanes of at least 4 members (excludes halogenated alkanes) is 1. The van der Waals surface area contributed by atoms with Crippen LogP contribution in [0.15, 0.2) is 30.3 Å². The lowest BCUT2D eigenvalue weighted by molar-refractivity contribution is 0.327. The zero-order valence-corrected chi connectivity index (χ0v) is 11.7. The van der Waals surface area contributed by atoms with Crippen molar-refractivity contribution in [3.63, 3.8) is 0 Å². The molecular weight excluding hydrogens is 218 g/mol. The average molecular weight is 245 g/mol. The van der Waals surface area contributed by atoms with Crippen LogP contribution in [-0.2, 0) is 0 Å². The average Bonchev–Trinajstić information content (AvgIpc) is 2.45. The van der Waals surface area contributed by atoms with Crippen molar-refractivity contribution in [3.05, 3.63) is 35.9 Å². The Bertz CT molecular complexity index is 314.